The SMILES string of the molecule is O=C1c2ccccc2NCC2CC3(CC3)CN12. The standard InChI is InChI=1S/C14H16N2O/c17-13-11-3-1-2-4-12(11)15-8-10-7-14(5-6-14)9-16(10)13/h1-4,10,15H,5-9H2. The highest BCUT2D eigenvalue weighted by Gasteiger charge is 2.53. The van der Waals surface area contributed by atoms with Crippen LogP contribution in [0.15, 0.2) is 24.3 Å². The molecule has 2 heterocycles. The van der Waals surface area contributed by atoms with Crippen molar-refractivity contribution in [3.63, 3.8) is 0 Å². The number of carbonyl (C=O) groups excluding carboxylic acids is 1. The number of amides is 1. The summed E-state index contributed by atoms with van der Waals surface area (Å²) in [4.78, 5) is 14.6. The fourth-order valence-corrected chi connectivity index (χ4v) is 3.33. The Morgan fingerprint density at radius 1 is 1.29 bits per heavy atom. The highest BCUT2D eigenvalue weighted by atomic mass is 16.2. The summed E-state index contributed by atoms with van der Waals surface area (Å²) in [5, 5.41) is 3.43. The molecule has 1 saturated heterocycles. The fourth-order valence-electron chi connectivity index (χ4n) is 3.33. The number of anilines is 1. The number of nitrogens with zero attached hydrogens (tertiary/aromatic N) is 1. The van der Waals surface area contributed by atoms with Crippen LogP contribution in [0.2, 0.25) is 0 Å². The van der Waals surface area contributed by atoms with Gasteiger partial charge < -0.3 is 10.2 Å². The Hall–Kier alpha value is -1.51. The first-order chi connectivity index (χ1) is 8.27. The lowest BCUT2D eigenvalue weighted by Crippen LogP contribution is -2.37. The van der Waals surface area contributed by atoms with Crippen molar-refractivity contribution in [3.05, 3.63) is 29.8 Å². The van der Waals surface area contributed by atoms with Gasteiger partial charge in [-0.1, -0.05) is 12.1 Å². The number of benzene rings is 1. The molecule has 1 aromatic rings. The Labute approximate surface area is 101 Å². The van der Waals surface area contributed by atoms with Gasteiger partial charge in [-0.2, -0.15) is 0 Å². The molecule has 1 spiro atoms. The molecular formula is C14H16N2O. The van der Waals surface area contributed by atoms with Gasteiger partial charge in [-0.25, -0.2) is 0 Å². The quantitative estimate of drug-likeness (QED) is 0.737. The average molecular weight is 228 g/mol. The molecule has 1 aliphatic carbocycles. The molecule has 1 aromatic carbocycles. The number of para-hydroxylation sites is 1. The summed E-state index contributed by atoms with van der Waals surface area (Å²) in [6.45, 7) is 1.89. The van der Waals surface area contributed by atoms with E-state index in [9.17, 15) is 4.79 Å². The van der Waals surface area contributed by atoms with Crippen LogP contribution in [0.1, 0.15) is 29.6 Å². The van der Waals surface area contributed by atoms with E-state index in [-0.39, 0.29) is 5.91 Å². The van der Waals surface area contributed by atoms with E-state index in [1.165, 1.54) is 19.3 Å². The molecule has 2 fully saturated rings. The Morgan fingerprint density at radius 3 is 2.94 bits per heavy atom. The molecule has 1 unspecified atom stereocenters. The minimum absolute atomic E-state index is 0.222. The summed E-state index contributed by atoms with van der Waals surface area (Å²) in [5.74, 6) is 0.222. The third kappa shape index (κ3) is 1.31. The number of rotatable bonds is 0. The van der Waals surface area contributed by atoms with Gasteiger partial charge in [-0.05, 0) is 36.8 Å². The smallest absolute Gasteiger partial charge is 0.256 e. The van der Waals surface area contributed by atoms with Gasteiger partial charge in [-0.3, -0.25) is 4.79 Å². The van der Waals surface area contributed by atoms with Crippen molar-refractivity contribution in [3.8, 4) is 0 Å². The van der Waals surface area contributed by atoms with Gasteiger partial charge in [0.1, 0.15) is 0 Å². The van der Waals surface area contributed by atoms with Gasteiger partial charge in [0.15, 0.2) is 0 Å². The van der Waals surface area contributed by atoms with Gasteiger partial charge in [0.05, 0.1) is 5.56 Å². The molecule has 88 valence electrons. The zero-order chi connectivity index (χ0) is 11.5. The topological polar surface area (TPSA) is 32.3 Å². The first kappa shape index (κ1) is 9.51. The van der Waals surface area contributed by atoms with Gasteiger partial charge >= 0.3 is 0 Å². The van der Waals surface area contributed by atoms with Crippen molar-refractivity contribution < 1.29 is 4.79 Å². The minimum Gasteiger partial charge on any atom is -0.382 e. The molecule has 1 amide bonds. The van der Waals surface area contributed by atoms with E-state index < -0.39 is 0 Å². The van der Waals surface area contributed by atoms with Crippen LogP contribution in [0.25, 0.3) is 0 Å². The van der Waals surface area contributed by atoms with Crippen molar-refractivity contribution in [1.29, 1.82) is 0 Å². The monoisotopic (exact) mass is 228 g/mol. The number of hydrogen-bond acceptors (Lipinski definition) is 2. The molecule has 3 aliphatic rings. The van der Waals surface area contributed by atoms with E-state index in [1.54, 1.807) is 0 Å². The molecule has 1 atom stereocenters. The van der Waals surface area contributed by atoms with Crippen molar-refractivity contribution in [1.82, 2.24) is 4.90 Å². The van der Waals surface area contributed by atoms with E-state index in [0.29, 0.717) is 11.5 Å². The van der Waals surface area contributed by atoms with Crippen LogP contribution in [0, 0.1) is 5.41 Å². The van der Waals surface area contributed by atoms with Crippen molar-refractivity contribution >= 4 is 11.6 Å². The van der Waals surface area contributed by atoms with Crippen LogP contribution >= 0.6 is 0 Å². The minimum atomic E-state index is 0.222. The highest BCUT2D eigenvalue weighted by molar-refractivity contribution is 6.00. The molecule has 17 heavy (non-hydrogen) atoms. The van der Waals surface area contributed by atoms with E-state index >= 15 is 0 Å². The molecule has 0 aromatic heterocycles. The highest BCUT2D eigenvalue weighted by Crippen LogP contribution is 2.55. The normalized spacial score (nSPS) is 28.4. The zero-order valence-electron chi connectivity index (χ0n) is 9.78. The summed E-state index contributed by atoms with van der Waals surface area (Å²) in [6, 6.07) is 8.27. The molecule has 0 radical (unpaired) electrons. The number of carbonyl (C=O) groups is 1. The first-order valence-corrected chi connectivity index (χ1v) is 6.41. The van der Waals surface area contributed by atoms with Crippen molar-refractivity contribution in [2.75, 3.05) is 18.4 Å². The largest absolute Gasteiger partial charge is 0.382 e. The van der Waals surface area contributed by atoms with E-state index in [0.717, 1.165) is 24.3 Å². The van der Waals surface area contributed by atoms with Crippen LogP contribution in [-0.2, 0) is 0 Å². The lowest BCUT2D eigenvalue weighted by Gasteiger charge is -2.21. The van der Waals surface area contributed by atoms with E-state index in [1.807, 2.05) is 24.3 Å². The number of fused-ring (bicyclic) bond motifs is 2. The lowest BCUT2D eigenvalue weighted by atomic mass is 10.0. The molecule has 2 aliphatic heterocycles. The molecule has 1 N–H and O–H groups in total. The van der Waals surface area contributed by atoms with Gasteiger partial charge in [0.2, 0.25) is 0 Å². The summed E-state index contributed by atoms with van der Waals surface area (Å²) >= 11 is 0. The third-order valence-corrected chi connectivity index (χ3v) is 4.52. The fraction of sp³-hybridized carbons (Fsp3) is 0.500. The Kier molecular flexibility index (Phi) is 1.70. The van der Waals surface area contributed by atoms with E-state index in [4.69, 9.17) is 0 Å². The van der Waals surface area contributed by atoms with Crippen LogP contribution < -0.4 is 5.32 Å². The Balaban J connectivity index is 1.74. The summed E-state index contributed by atoms with van der Waals surface area (Å²) in [6.07, 6.45) is 3.82. The van der Waals surface area contributed by atoms with Crippen LogP contribution in [0.3, 0.4) is 0 Å². The van der Waals surface area contributed by atoms with Crippen molar-refractivity contribution in [2.45, 2.75) is 25.3 Å². The molecule has 4 rings (SSSR count). The second kappa shape index (κ2) is 3.03. The van der Waals surface area contributed by atoms with Crippen molar-refractivity contribution in [2.24, 2.45) is 5.41 Å². The maximum atomic E-state index is 12.5. The Bertz CT molecular complexity index is 493. The number of hydrogen-bond donors (Lipinski definition) is 1. The first-order valence-electron chi connectivity index (χ1n) is 6.41. The lowest BCUT2D eigenvalue weighted by molar-refractivity contribution is 0.0744. The second-order valence-corrected chi connectivity index (χ2v) is 5.72. The molecule has 3 heteroatoms. The van der Waals surface area contributed by atoms with Crippen LogP contribution in [-0.4, -0.2) is 29.9 Å². The van der Waals surface area contributed by atoms with Gasteiger partial charge in [-0.15, -0.1) is 0 Å². The summed E-state index contributed by atoms with van der Waals surface area (Å²) < 4.78 is 0. The molecule has 0 bridgehead atoms. The summed E-state index contributed by atoms with van der Waals surface area (Å²) in [7, 11) is 0. The molecule has 1 saturated carbocycles. The maximum Gasteiger partial charge on any atom is 0.256 e. The maximum absolute atomic E-state index is 12.5. The molecular weight excluding hydrogens is 212 g/mol. The summed E-state index contributed by atoms with van der Waals surface area (Å²) in [5.41, 5.74) is 2.33. The predicted octanol–water partition coefficient (Wildman–Crippen LogP) is 2.11. The predicted molar refractivity (Wildman–Crippen MR) is 66.0 cm³/mol. The van der Waals surface area contributed by atoms with Crippen LogP contribution in [0.5, 0.6) is 0 Å². The average Bonchev–Trinajstić information content (AvgIpc) is 3.01. The zero-order valence-corrected chi connectivity index (χ0v) is 9.78. The third-order valence-electron chi connectivity index (χ3n) is 4.52. The van der Waals surface area contributed by atoms with Crippen LogP contribution in [0.4, 0.5) is 5.69 Å². The van der Waals surface area contributed by atoms with Gasteiger partial charge in [0.25, 0.3) is 5.91 Å². The van der Waals surface area contributed by atoms with E-state index in [2.05, 4.69) is 10.2 Å². The number of nitrogens with one attached hydrogen (secondary N) is 1. The Morgan fingerprint density at radius 2 is 2.12 bits per heavy atom. The van der Waals surface area contributed by atoms with Gasteiger partial charge in [0, 0.05) is 24.8 Å². The second-order valence-electron chi connectivity index (χ2n) is 5.72. The molecule has 3 nitrogen and oxygen atoms in total.